The smallest absolute Gasteiger partial charge is 0.134 e. The Hall–Kier alpha value is -1.52. The van der Waals surface area contributed by atoms with E-state index in [9.17, 15) is 5.11 Å². The highest BCUT2D eigenvalue weighted by atomic mass is 79.9. The molecular weight excluding hydrogens is 294 g/mol. The van der Waals surface area contributed by atoms with Gasteiger partial charge in [-0.1, -0.05) is 18.2 Å². The second-order valence-electron chi connectivity index (χ2n) is 3.92. The number of hydrogen-bond donors (Lipinski definition) is 2. The standard InChI is InChI=1S/C14H14BrNO2/c15-13-7-11(8-16)3-6-14(13)18-9-10-1-4-12(17)5-2-10/h1-7,17H,8-9,16H2. The molecule has 3 N–H and O–H groups in total. The molecule has 0 aliphatic rings. The Morgan fingerprint density at radius 3 is 2.33 bits per heavy atom. The Morgan fingerprint density at radius 2 is 1.72 bits per heavy atom. The molecule has 18 heavy (non-hydrogen) atoms. The molecule has 0 saturated carbocycles. The van der Waals surface area contributed by atoms with Crippen LogP contribution in [0.2, 0.25) is 0 Å². The third kappa shape index (κ3) is 3.24. The molecule has 0 saturated heterocycles. The molecule has 0 heterocycles. The number of ether oxygens (including phenoxy) is 1. The minimum atomic E-state index is 0.257. The van der Waals surface area contributed by atoms with Crippen molar-refractivity contribution in [1.82, 2.24) is 0 Å². The molecule has 2 rings (SSSR count). The molecule has 2 aromatic rings. The van der Waals surface area contributed by atoms with Crippen molar-refractivity contribution in [2.24, 2.45) is 5.73 Å². The first-order valence-corrected chi connectivity index (χ1v) is 6.37. The number of aromatic hydroxyl groups is 1. The second kappa shape index (κ2) is 5.89. The lowest BCUT2D eigenvalue weighted by molar-refractivity contribution is 0.304. The van der Waals surface area contributed by atoms with Gasteiger partial charge in [0.05, 0.1) is 4.47 Å². The topological polar surface area (TPSA) is 55.5 Å². The first-order chi connectivity index (χ1) is 8.69. The van der Waals surface area contributed by atoms with Gasteiger partial charge in [0.1, 0.15) is 18.1 Å². The number of nitrogens with two attached hydrogens (primary N) is 1. The summed E-state index contributed by atoms with van der Waals surface area (Å²) in [5, 5.41) is 9.18. The van der Waals surface area contributed by atoms with Crippen molar-refractivity contribution in [3.8, 4) is 11.5 Å². The van der Waals surface area contributed by atoms with Gasteiger partial charge in [-0.2, -0.15) is 0 Å². The lowest BCUT2D eigenvalue weighted by Crippen LogP contribution is -1.99. The minimum Gasteiger partial charge on any atom is -0.508 e. The zero-order valence-electron chi connectivity index (χ0n) is 9.77. The highest BCUT2D eigenvalue weighted by Gasteiger charge is 2.02. The van der Waals surface area contributed by atoms with Crippen molar-refractivity contribution >= 4 is 15.9 Å². The van der Waals surface area contributed by atoms with Crippen LogP contribution in [0, 0.1) is 0 Å². The summed E-state index contributed by atoms with van der Waals surface area (Å²) in [6.45, 7) is 0.970. The zero-order valence-corrected chi connectivity index (χ0v) is 11.4. The quantitative estimate of drug-likeness (QED) is 0.912. The third-order valence-corrected chi connectivity index (χ3v) is 3.18. The number of phenols is 1. The van der Waals surface area contributed by atoms with Crippen LogP contribution in [0.15, 0.2) is 46.9 Å². The molecule has 0 bridgehead atoms. The van der Waals surface area contributed by atoms with Gasteiger partial charge in [0, 0.05) is 6.54 Å². The first kappa shape index (κ1) is 12.9. The van der Waals surface area contributed by atoms with Crippen molar-refractivity contribution in [2.45, 2.75) is 13.2 Å². The van der Waals surface area contributed by atoms with E-state index in [0.29, 0.717) is 13.2 Å². The molecule has 2 aromatic carbocycles. The van der Waals surface area contributed by atoms with E-state index < -0.39 is 0 Å². The molecule has 0 fully saturated rings. The summed E-state index contributed by atoms with van der Waals surface area (Å²) in [6, 6.07) is 12.7. The SMILES string of the molecule is NCc1ccc(OCc2ccc(O)cc2)c(Br)c1. The Morgan fingerprint density at radius 1 is 1.06 bits per heavy atom. The zero-order chi connectivity index (χ0) is 13.0. The lowest BCUT2D eigenvalue weighted by Gasteiger charge is -2.09. The van der Waals surface area contributed by atoms with Crippen LogP contribution in [0.25, 0.3) is 0 Å². The van der Waals surface area contributed by atoms with Crippen molar-refractivity contribution in [3.63, 3.8) is 0 Å². The maximum Gasteiger partial charge on any atom is 0.134 e. The summed E-state index contributed by atoms with van der Waals surface area (Å²) in [6.07, 6.45) is 0. The predicted octanol–water partition coefficient (Wildman–Crippen LogP) is 3.19. The average molecular weight is 308 g/mol. The van der Waals surface area contributed by atoms with Gasteiger partial charge in [0.15, 0.2) is 0 Å². The molecular formula is C14H14BrNO2. The Kier molecular flexibility index (Phi) is 4.23. The van der Waals surface area contributed by atoms with Gasteiger partial charge in [-0.3, -0.25) is 0 Å². The molecule has 0 aliphatic carbocycles. The van der Waals surface area contributed by atoms with E-state index in [1.165, 1.54) is 0 Å². The molecule has 0 aromatic heterocycles. The fourth-order valence-corrected chi connectivity index (χ4v) is 2.08. The first-order valence-electron chi connectivity index (χ1n) is 5.58. The summed E-state index contributed by atoms with van der Waals surface area (Å²) < 4.78 is 6.59. The Balaban J connectivity index is 2.04. The van der Waals surface area contributed by atoms with E-state index in [1.54, 1.807) is 12.1 Å². The van der Waals surface area contributed by atoms with E-state index in [-0.39, 0.29) is 5.75 Å². The predicted molar refractivity (Wildman–Crippen MR) is 74.5 cm³/mol. The minimum absolute atomic E-state index is 0.257. The summed E-state index contributed by atoms with van der Waals surface area (Å²) in [4.78, 5) is 0. The Bertz CT molecular complexity index is 526. The van der Waals surface area contributed by atoms with Crippen molar-refractivity contribution in [3.05, 3.63) is 58.1 Å². The van der Waals surface area contributed by atoms with Gasteiger partial charge in [0.2, 0.25) is 0 Å². The molecule has 4 heteroatoms. The van der Waals surface area contributed by atoms with Crippen LogP contribution in [0.1, 0.15) is 11.1 Å². The molecule has 0 amide bonds. The van der Waals surface area contributed by atoms with Crippen LogP contribution in [-0.4, -0.2) is 5.11 Å². The number of phenolic OH excluding ortho intramolecular Hbond substituents is 1. The molecule has 3 nitrogen and oxygen atoms in total. The monoisotopic (exact) mass is 307 g/mol. The molecule has 94 valence electrons. The maximum atomic E-state index is 9.18. The van der Waals surface area contributed by atoms with Crippen LogP contribution >= 0.6 is 15.9 Å². The van der Waals surface area contributed by atoms with E-state index >= 15 is 0 Å². The lowest BCUT2D eigenvalue weighted by atomic mass is 10.2. The second-order valence-corrected chi connectivity index (χ2v) is 4.78. The van der Waals surface area contributed by atoms with Gasteiger partial charge in [-0.15, -0.1) is 0 Å². The van der Waals surface area contributed by atoms with Gasteiger partial charge in [-0.25, -0.2) is 0 Å². The van der Waals surface area contributed by atoms with E-state index in [2.05, 4.69) is 15.9 Å². The molecule has 0 radical (unpaired) electrons. The molecule has 0 atom stereocenters. The largest absolute Gasteiger partial charge is 0.508 e. The molecule has 0 unspecified atom stereocenters. The summed E-state index contributed by atoms with van der Waals surface area (Å²) >= 11 is 3.45. The summed E-state index contributed by atoms with van der Waals surface area (Å²) in [5.74, 6) is 1.03. The van der Waals surface area contributed by atoms with Gasteiger partial charge < -0.3 is 15.6 Å². The fourth-order valence-electron chi connectivity index (χ4n) is 1.54. The fraction of sp³-hybridized carbons (Fsp3) is 0.143. The van der Waals surface area contributed by atoms with E-state index in [1.807, 2.05) is 30.3 Å². The summed E-state index contributed by atoms with van der Waals surface area (Å²) in [5.41, 5.74) is 7.62. The third-order valence-electron chi connectivity index (χ3n) is 2.56. The van der Waals surface area contributed by atoms with E-state index in [0.717, 1.165) is 21.3 Å². The Labute approximate surface area is 114 Å². The normalized spacial score (nSPS) is 10.3. The number of benzene rings is 2. The van der Waals surface area contributed by atoms with Crippen LogP contribution in [0.4, 0.5) is 0 Å². The van der Waals surface area contributed by atoms with Crippen molar-refractivity contribution in [2.75, 3.05) is 0 Å². The number of rotatable bonds is 4. The van der Waals surface area contributed by atoms with E-state index in [4.69, 9.17) is 10.5 Å². The van der Waals surface area contributed by atoms with Gasteiger partial charge in [-0.05, 0) is 51.3 Å². The highest BCUT2D eigenvalue weighted by molar-refractivity contribution is 9.10. The van der Waals surface area contributed by atoms with Crippen LogP contribution in [-0.2, 0) is 13.2 Å². The van der Waals surface area contributed by atoms with Crippen LogP contribution in [0.3, 0.4) is 0 Å². The number of hydrogen-bond acceptors (Lipinski definition) is 3. The molecule has 0 spiro atoms. The van der Waals surface area contributed by atoms with Gasteiger partial charge in [0.25, 0.3) is 0 Å². The van der Waals surface area contributed by atoms with Gasteiger partial charge >= 0.3 is 0 Å². The maximum absolute atomic E-state index is 9.18. The van der Waals surface area contributed by atoms with Crippen LogP contribution in [0.5, 0.6) is 11.5 Å². The van der Waals surface area contributed by atoms with Crippen molar-refractivity contribution in [1.29, 1.82) is 0 Å². The van der Waals surface area contributed by atoms with Crippen LogP contribution < -0.4 is 10.5 Å². The average Bonchev–Trinajstić information content (AvgIpc) is 2.39. The molecule has 0 aliphatic heterocycles. The van der Waals surface area contributed by atoms with Crippen molar-refractivity contribution < 1.29 is 9.84 Å². The number of halogens is 1. The summed E-state index contributed by atoms with van der Waals surface area (Å²) in [7, 11) is 0. The highest BCUT2D eigenvalue weighted by Crippen LogP contribution is 2.26.